The molecule has 0 bridgehead atoms. The Bertz CT molecular complexity index is 862. The number of hydrogen-bond acceptors (Lipinski definition) is 4. The van der Waals surface area contributed by atoms with Crippen LogP contribution >= 0.6 is 35.6 Å². The summed E-state index contributed by atoms with van der Waals surface area (Å²) in [5.74, 6) is -0.167. The van der Waals surface area contributed by atoms with Crippen LogP contribution in [0.3, 0.4) is 0 Å². The van der Waals surface area contributed by atoms with Crippen LogP contribution in [0.5, 0.6) is 5.75 Å². The number of benzene rings is 2. The zero-order valence-corrected chi connectivity index (χ0v) is 19.5. The highest BCUT2D eigenvalue weighted by atomic mass is 127. The highest BCUT2D eigenvalue weighted by molar-refractivity contribution is 14.0. The quantitative estimate of drug-likeness (QED) is 0.301. The van der Waals surface area contributed by atoms with E-state index in [0.717, 1.165) is 18.7 Å². The highest BCUT2D eigenvalue weighted by Gasteiger charge is 2.31. The van der Waals surface area contributed by atoms with Crippen LogP contribution in [0.2, 0.25) is 5.02 Å². The van der Waals surface area contributed by atoms with E-state index in [9.17, 15) is 13.2 Å². The predicted molar refractivity (Wildman–Crippen MR) is 125 cm³/mol. The Balaban J connectivity index is 0.00000341. The Morgan fingerprint density at radius 3 is 2.42 bits per heavy atom. The molecule has 6 nitrogen and oxygen atoms in total. The van der Waals surface area contributed by atoms with Crippen LogP contribution in [0, 0.1) is 0 Å². The molecule has 1 aliphatic heterocycles. The molecule has 2 aromatic rings. The Morgan fingerprint density at radius 2 is 1.81 bits per heavy atom. The summed E-state index contributed by atoms with van der Waals surface area (Å²) in [6.45, 7) is 3.12. The third-order valence-electron chi connectivity index (χ3n) is 4.55. The summed E-state index contributed by atoms with van der Waals surface area (Å²) in [6, 6.07) is 12.8. The van der Waals surface area contributed by atoms with Gasteiger partial charge in [0.05, 0.1) is 25.8 Å². The van der Waals surface area contributed by atoms with Gasteiger partial charge in [-0.25, -0.2) is 0 Å². The van der Waals surface area contributed by atoms with Gasteiger partial charge in [-0.15, -0.1) is 37.1 Å². The molecule has 1 fully saturated rings. The summed E-state index contributed by atoms with van der Waals surface area (Å²) in [5, 5.41) is 3.52. The van der Waals surface area contributed by atoms with Crippen molar-refractivity contribution in [3.63, 3.8) is 0 Å². The number of nitrogens with one attached hydrogen (secondary N) is 1. The second-order valence-corrected chi connectivity index (χ2v) is 7.02. The lowest BCUT2D eigenvalue weighted by atomic mass is 10.0. The largest absolute Gasteiger partial charge is 0.573 e. The van der Waals surface area contributed by atoms with Gasteiger partial charge in [-0.05, 0) is 35.9 Å². The van der Waals surface area contributed by atoms with Gasteiger partial charge in [0.1, 0.15) is 5.75 Å². The number of hydrogen-bond donors (Lipinski definition) is 2. The van der Waals surface area contributed by atoms with Gasteiger partial charge < -0.3 is 20.5 Å². The number of rotatable bonds is 6. The molecular formula is C20H23ClF3IN4O2. The van der Waals surface area contributed by atoms with E-state index in [0.29, 0.717) is 30.5 Å². The molecule has 3 N–H and O–H groups in total. The van der Waals surface area contributed by atoms with E-state index in [1.165, 1.54) is 24.3 Å². The van der Waals surface area contributed by atoms with Gasteiger partial charge >= 0.3 is 6.36 Å². The van der Waals surface area contributed by atoms with Crippen LogP contribution in [0.15, 0.2) is 53.5 Å². The lowest BCUT2D eigenvalue weighted by Gasteiger charge is -2.34. The van der Waals surface area contributed by atoms with E-state index in [2.05, 4.69) is 19.9 Å². The molecule has 0 aromatic heterocycles. The monoisotopic (exact) mass is 570 g/mol. The van der Waals surface area contributed by atoms with E-state index in [1.807, 2.05) is 24.3 Å². The smallest absolute Gasteiger partial charge is 0.406 e. The SMILES string of the molecule is I.NC(=NCC(c1ccccc1Cl)N1CCOCC1)Nc1ccc(OC(F)(F)F)cc1. The Kier molecular flexibility index (Phi) is 9.66. The standard InChI is InChI=1S/C20H22ClF3N4O2.HI/c21-17-4-2-1-3-16(17)18(28-9-11-29-12-10-28)13-26-19(25)27-14-5-7-15(8-6-14)30-20(22,23)24;/h1-8,18H,9-13H2,(H3,25,26,27);1H. The van der Waals surface area contributed by atoms with Crippen LogP contribution in [0.25, 0.3) is 0 Å². The maximum atomic E-state index is 12.3. The molecule has 2 aromatic carbocycles. The molecule has 0 aliphatic carbocycles. The Hall–Kier alpha value is -1.76. The van der Waals surface area contributed by atoms with Gasteiger partial charge in [0.2, 0.25) is 0 Å². The van der Waals surface area contributed by atoms with Crippen LogP contribution in [-0.4, -0.2) is 50.1 Å². The second kappa shape index (κ2) is 11.7. The Labute approximate surface area is 200 Å². The minimum atomic E-state index is -4.73. The minimum Gasteiger partial charge on any atom is -0.406 e. The first-order valence-corrected chi connectivity index (χ1v) is 9.68. The van der Waals surface area contributed by atoms with E-state index < -0.39 is 6.36 Å². The average Bonchev–Trinajstić information content (AvgIpc) is 2.71. The topological polar surface area (TPSA) is 72.1 Å². The molecule has 3 rings (SSSR count). The third kappa shape index (κ3) is 8.02. The number of nitrogens with zero attached hydrogens (tertiary/aromatic N) is 2. The van der Waals surface area contributed by atoms with Gasteiger partial charge in [0.25, 0.3) is 0 Å². The fourth-order valence-corrected chi connectivity index (χ4v) is 3.42. The summed E-state index contributed by atoms with van der Waals surface area (Å²) < 4.78 is 46.0. The molecule has 1 atom stereocenters. The number of anilines is 1. The minimum absolute atomic E-state index is 0. The molecule has 0 saturated carbocycles. The fraction of sp³-hybridized carbons (Fsp3) is 0.350. The first kappa shape index (κ1) is 25.5. The molecule has 1 aliphatic rings. The number of aliphatic imine (C=N–C) groups is 1. The number of morpholine rings is 1. The predicted octanol–water partition coefficient (Wildman–Crippen LogP) is 4.66. The molecule has 1 unspecified atom stereocenters. The summed E-state index contributed by atoms with van der Waals surface area (Å²) >= 11 is 6.40. The maximum absolute atomic E-state index is 12.3. The molecule has 0 spiro atoms. The average molecular weight is 571 g/mol. The summed E-state index contributed by atoms with van der Waals surface area (Å²) in [7, 11) is 0. The van der Waals surface area contributed by atoms with Crippen LogP contribution in [0.1, 0.15) is 11.6 Å². The van der Waals surface area contributed by atoms with E-state index in [4.69, 9.17) is 22.1 Å². The van der Waals surface area contributed by atoms with Crippen LogP contribution in [0.4, 0.5) is 18.9 Å². The molecule has 1 heterocycles. The van der Waals surface area contributed by atoms with Gasteiger partial charge in [0.15, 0.2) is 5.96 Å². The summed E-state index contributed by atoms with van der Waals surface area (Å²) in [5.41, 5.74) is 7.43. The maximum Gasteiger partial charge on any atom is 0.573 e. The summed E-state index contributed by atoms with van der Waals surface area (Å²) in [4.78, 5) is 6.67. The fourth-order valence-electron chi connectivity index (χ4n) is 3.16. The second-order valence-electron chi connectivity index (χ2n) is 6.61. The highest BCUT2D eigenvalue weighted by Crippen LogP contribution is 2.29. The van der Waals surface area contributed by atoms with Crippen LogP contribution < -0.4 is 15.8 Å². The Morgan fingerprint density at radius 1 is 1.16 bits per heavy atom. The first-order valence-electron chi connectivity index (χ1n) is 9.31. The molecule has 0 radical (unpaired) electrons. The first-order chi connectivity index (χ1) is 14.3. The molecular weight excluding hydrogens is 548 g/mol. The van der Waals surface area contributed by atoms with Crippen molar-refractivity contribution in [3.05, 3.63) is 59.1 Å². The zero-order valence-electron chi connectivity index (χ0n) is 16.4. The van der Waals surface area contributed by atoms with Crippen molar-refractivity contribution in [3.8, 4) is 5.75 Å². The number of alkyl halides is 3. The number of nitrogens with two attached hydrogens (primary N) is 1. The van der Waals surface area contributed by atoms with E-state index in [1.54, 1.807) is 0 Å². The van der Waals surface area contributed by atoms with E-state index >= 15 is 0 Å². The van der Waals surface area contributed by atoms with Crippen molar-refractivity contribution in [1.29, 1.82) is 0 Å². The van der Waals surface area contributed by atoms with Gasteiger partial charge in [-0.1, -0.05) is 29.8 Å². The number of halogens is 5. The van der Waals surface area contributed by atoms with Crippen LogP contribution in [-0.2, 0) is 4.74 Å². The lowest BCUT2D eigenvalue weighted by molar-refractivity contribution is -0.274. The van der Waals surface area contributed by atoms with Gasteiger partial charge in [-0.2, -0.15) is 0 Å². The van der Waals surface area contributed by atoms with Crippen molar-refractivity contribution in [2.45, 2.75) is 12.4 Å². The molecule has 11 heteroatoms. The van der Waals surface area contributed by atoms with E-state index in [-0.39, 0.29) is 41.7 Å². The third-order valence-corrected chi connectivity index (χ3v) is 4.89. The van der Waals surface area contributed by atoms with Crippen molar-refractivity contribution in [2.24, 2.45) is 10.7 Å². The number of ether oxygens (including phenoxy) is 2. The van der Waals surface area contributed by atoms with Gasteiger partial charge in [-0.3, -0.25) is 9.89 Å². The summed E-state index contributed by atoms with van der Waals surface area (Å²) in [6.07, 6.45) is -4.73. The molecule has 0 amide bonds. The normalized spacial score (nSPS) is 16.3. The molecule has 31 heavy (non-hydrogen) atoms. The zero-order chi connectivity index (χ0) is 21.6. The van der Waals surface area contributed by atoms with Crippen molar-refractivity contribution in [1.82, 2.24) is 4.90 Å². The van der Waals surface area contributed by atoms with Crippen molar-refractivity contribution < 1.29 is 22.6 Å². The molecule has 170 valence electrons. The lowest BCUT2D eigenvalue weighted by Crippen LogP contribution is -2.40. The van der Waals surface area contributed by atoms with Crippen molar-refractivity contribution >= 4 is 47.2 Å². The number of guanidine groups is 1. The molecule has 1 saturated heterocycles. The van der Waals surface area contributed by atoms with Gasteiger partial charge in [0, 0.05) is 23.8 Å². The van der Waals surface area contributed by atoms with Crippen molar-refractivity contribution in [2.75, 3.05) is 38.2 Å².